The smallest absolute Gasteiger partial charge is 0.309 e. The maximum Gasteiger partial charge on any atom is 0.419 e. The standard InChI is InChI=1S/C14H15F4N3/c1-2-19-13(11-5-3-4-6-12(11)15)9-21-8-10(7-20-21)14(16,17)18/h3-8,13,19H,2,9H2,1H3. The largest absolute Gasteiger partial charge is 0.419 e. The molecule has 0 saturated carbocycles. The zero-order valence-corrected chi connectivity index (χ0v) is 11.4. The fourth-order valence-electron chi connectivity index (χ4n) is 2.07. The van der Waals surface area contributed by atoms with Crippen LogP contribution in [0.15, 0.2) is 36.7 Å². The Balaban J connectivity index is 2.21. The fourth-order valence-corrected chi connectivity index (χ4v) is 2.07. The zero-order valence-electron chi connectivity index (χ0n) is 11.4. The molecule has 0 aliphatic rings. The highest BCUT2D eigenvalue weighted by molar-refractivity contribution is 5.21. The molecule has 1 N–H and O–H groups in total. The van der Waals surface area contributed by atoms with Crippen LogP contribution in [0.1, 0.15) is 24.1 Å². The van der Waals surface area contributed by atoms with E-state index in [0.29, 0.717) is 12.1 Å². The minimum absolute atomic E-state index is 0.116. The Morgan fingerprint density at radius 1 is 1.29 bits per heavy atom. The summed E-state index contributed by atoms with van der Waals surface area (Å²) < 4.78 is 52.6. The molecule has 0 aliphatic carbocycles. The summed E-state index contributed by atoms with van der Waals surface area (Å²) in [7, 11) is 0. The molecule has 21 heavy (non-hydrogen) atoms. The van der Waals surface area contributed by atoms with Gasteiger partial charge in [0.2, 0.25) is 0 Å². The summed E-state index contributed by atoms with van der Waals surface area (Å²) in [5.74, 6) is -0.397. The van der Waals surface area contributed by atoms with E-state index in [1.807, 2.05) is 6.92 Å². The third-order valence-corrected chi connectivity index (χ3v) is 3.06. The molecule has 2 aromatic rings. The minimum Gasteiger partial charge on any atom is -0.309 e. The number of benzene rings is 1. The molecule has 0 fully saturated rings. The molecular weight excluding hydrogens is 286 g/mol. The van der Waals surface area contributed by atoms with E-state index < -0.39 is 23.6 Å². The van der Waals surface area contributed by atoms with Crippen LogP contribution in [0.25, 0.3) is 0 Å². The summed E-state index contributed by atoms with van der Waals surface area (Å²) in [6.07, 6.45) is -2.74. The quantitative estimate of drug-likeness (QED) is 0.858. The zero-order chi connectivity index (χ0) is 15.5. The van der Waals surface area contributed by atoms with E-state index in [1.54, 1.807) is 18.2 Å². The van der Waals surface area contributed by atoms with Gasteiger partial charge in [0.1, 0.15) is 5.82 Å². The second kappa shape index (κ2) is 6.26. The molecule has 1 aromatic heterocycles. The monoisotopic (exact) mass is 301 g/mol. The number of alkyl halides is 3. The highest BCUT2D eigenvalue weighted by Gasteiger charge is 2.32. The summed E-state index contributed by atoms with van der Waals surface area (Å²) in [6.45, 7) is 2.52. The topological polar surface area (TPSA) is 29.9 Å². The van der Waals surface area contributed by atoms with Crippen molar-refractivity contribution in [1.82, 2.24) is 15.1 Å². The first-order chi connectivity index (χ1) is 9.91. The summed E-state index contributed by atoms with van der Waals surface area (Å²) in [5.41, 5.74) is -0.408. The molecule has 114 valence electrons. The predicted molar refractivity (Wildman–Crippen MR) is 70.0 cm³/mol. The number of halogens is 4. The Kier molecular flexibility index (Phi) is 4.62. The molecule has 7 heteroatoms. The van der Waals surface area contributed by atoms with E-state index in [9.17, 15) is 17.6 Å². The fraction of sp³-hybridized carbons (Fsp3) is 0.357. The van der Waals surface area contributed by atoms with Crippen LogP contribution < -0.4 is 5.32 Å². The van der Waals surface area contributed by atoms with Gasteiger partial charge in [-0.1, -0.05) is 25.1 Å². The Bertz CT molecular complexity index is 592. The lowest BCUT2D eigenvalue weighted by Crippen LogP contribution is -2.26. The Hall–Kier alpha value is -1.89. The van der Waals surface area contributed by atoms with Crippen molar-refractivity contribution >= 4 is 0 Å². The van der Waals surface area contributed by atoms with Gasteiger partial charge in [0.05, 0.1) is 24.3 Å². The van der Waals surface area contributed by atoms with Gasteiger partial charge in [-0.15, -0.1) is 0 Å². The third-order valence-electron chi connectivity index (χ3n) is 3.06. The summed E-state index contributed by atoms with van der Waals surface area (Å²) in [5, 5.41) is 6.75. The van der Waals surface area contributed by atoms with Gasteiger partial charge in [-0.05, 0) is 12.6 Å². The van der Waals surface area contributed by atoms with E-state index in [4.69, 9.17) is 0 Å². The Labute approximate surface area is 119 Å². The van der Waals surface area contributed by atoms with Crippen LogP contribution in [-0.2, 0) is 12.7 Å². The number of rotatable bonds is 5. The van der Waals surface area contributed by atoms with Crippen LogP contribution in [0, 0.1) is 5.82 Å². The highest BCUT2D eigenvalue weighted by Crippen LogP contribution is 2.29. The number of nitrogens with one attached hydrogen (secondary N) is 1. The first-order valence-corrected chi connectivity index (χ1v) is 6.49. The molecule has 0 radical (unpaired) electrons. The van der Waals surface area contributed by atoms with Crippen molar-refractivity contribution in [1.29, 1.82) is 0 Å². The van der Waals surface area contributed by atoms with E-state index in [0.717, 1.165) is 12.4 Å². The molecule has 1 aromatic carbocycles. The van der Waals surface area contributed by atoms with Gasteiger partial charge in [-0.25, -0.2) is 4.39 Å². The van der Waals surface area contributed by atoms with E-state index in [1.165, 1.54) is 10.7 Å². The molecule has 1 heterocycles. The maximum absolute atomic E-state index is 13.8. The average Bonchev–Trinajstić information content (AvgIpc) is 2.87. The van der Waals surface area contributed by atoms with E-state index in [-0.39, 0.29) is 6.54 Å². The summed E-state index contributed by atoms with van der Waals surface area (Å²) in [4.78, 5) is 0. The molecule has 0 spiro atoms. The molecule has 2 rings (SSSR count). The lowest BCUT2D eigenvalue weighted by molar-refractivity contribution is -0.137. The molecule has 0 bridgehead atoms. The van der Waals surface area contributed by atoms with Crippen LogP contribution >= 0.6 is 0 Å². The van der Waals surface area contributed by atoms with Gasteiger partial charge >= 0.3 is 6.18 Å². The minimum atomic E-state index is -4.43. The van der Waals surface area contributed by atoms with Gasteiger partial charge in [-0.2, -0.15) is 18.3 Å². The second-order valence-electron chi connectivity index (χ2n) is 4.58. The summed E-state index contributed by atoms with van der Waals surface area (Å²) >= 11 is 0. The van der Waals surface area contributed by atoms with Crippen LogP contribution in [-0.4, -0.2) is 16.3 Å². The Morgan fingerprint density at radius 2 is 2.00 bits per heavy atom. The highest BCUT2D eigenvalue weighted by atomic mass is 19.4. The first kappa shape index (κ1) is 15.5. The molecule has 3 nitrogen and oxygen atoms in total. The molecule has 0 aliphatic heterocycles. The normalized spacial score (nSPS) is 13.4. The summed E-state index contributed by atoms with van der Waals surface area (Å²) in [6, 6.07) is 5.74. The molecule has 1 atom stereocenters. The van der Waals surface area contributed by atoms with E-state index in [2.05, 4.69) is 10.4 Å². The van der Waals surface area contributed by atoms with E-state index >= 15 is 0 Å². The van der Waals surface area contributed by atoms with Crippen LogP contribution in [0.3, 0.4) is 0 Å². The van der Waals surface area contributed by atoms with Crippen molar-refractivity contribution in [2.45, 2.75) is 25.7 Å². The second-order valence-corrected chi connectivity index (χ2v) is 4.58. The number of aromatic nitrogens is 2. The number of hydrogen-bond donors (Lipinski definition) is 1. The maximum atomic E-state index is 13.8. The number of hydrogen-bond acceptors (Lipinski definition) is 2. The average molecular weight is 301 g/mol. The van der Waals surface area contributed by atoms with Gasteiger partial charge in [-0.3, -0.25) is 4.68 Å². The van der Waals surface area contributed by atoms with Gasteiger partial charge in [0.25, 0.3) is 0 Å². The first-order valence-electron chi connectivity index (χ1n) is 6.49. The lowest BCUT2D eigenvalue weighted by atomic mass is 10.1. The van der Waals surface area contributed by atoms with Crippen LogP contribution in [0.5, 0.6) is 0 Å². The van der Waals surface area contributed by atoms with Crippen molar-refractivity contribution in [3.8, 4) is 0 Å². The van der Waals surface area contributed by atoms with Gasteiger partial charge in [0, 0.05) is 11.8 Å². The van der Waals surface area contributed by atoms with Gasteiger partial charge < -0.3 is 5.32 Å². The molecule has 0 saturated heterocycles. The van der Waals surface area contributed by atoms with Crippen molar-refractivity contribution in [2.24, 2.45) is 0 Å². The van der Waals surface area contributed by atoms with Gasteiger partial charge in [0.15, 0.2) is 0 Å². The number of likely N-dealkylation sites (N-methyl/N-ethyl adjacent to an activating group) is 1. The molecular formula is C14H15F4N3. The molecule has 0 amide bonds. The SMILES string of the molecule is CCNC(Cn1cc(C(F)(F)F)cn1)c1ccccc1F. The lowest BCUT2D eigenvalue weighted by Gasteiger charge is -2.19. The number of nitrogens with zero attached hydrogens (tertiary/aromatic N) is 2. The third kappa shape index (κ3) is 3.81. The van der Waals surface area contributed by atoms with Crippen LogP contribution in [0.2, 0.25) is 0 Å². The van der Waals surface area contributed by atoms with Crippen LogP contribution in [0.4, 0.5) is 17.6 Å². The van der Waals surface area contributed by atoms with Crippen molar-refractivity contribution in [3.63, 3.8) is 0 Å². The van der Waals surface area contributed by atoms with Crippen molar-refractivity contribution in [3.05, 3.63) is 53.6 Å². The van der Waals surface area contributed by atoms with Crippen molar-refractivity contribution < 1.29 is 17.6 Å². The Morgan fingerprint density at radius 3 is 2.57 bits per heavy atom. The van der Waals surface area contributed by atoms with Crippen molar-refractivity contribution in [2.75, 3.05) is 6.54 Å². The molecule has 1 unspecified atom stereocenters. The predicted octanol–water partition coefficient (Wildman–Crippen LogP) is 3.39.